The molecule has 2 aromatic carbocycles. The Labute approximate surface area is 142 Å². The van der Waals surface area contributed by atoms with Crippen molar-refractivity contribution in [3.63, 3.8) is 0 Å². The third-order valence-corrected chi connectivity index (χ3v) is 3.64. The fraction of sp³-hybridized carbons (Fsp3) is 0.111. The van der Waals surface area contributed by atoms with Crippen LogP contribution in [0.15, 0.2) is 64.6 Å². The molecule has 25 heavy (non-hydrogen) atoms. The molecule has 0 amide bonds. The van der Waals surface area contributed by atoms with Crippen LogP contribution in [0.4, 0.5) is 5.69 Å². The van der Waals surface area contributed by atoms with Gasteiger partial charge in [0.25, 0.3) is 0 Å². The highest BCUT2D eigenvalue weighted by Crippen LogP contribution is 2.29. The fourth-order valence-corrected chi connectivity index (χ4v) is 2.62. The normalized spacial score (nSPS) is 10.4. The number of nitroso groups, excluding NO2 is 1. The van der Waals surface area contributed by atoms with Crippen LogP contribution < -0.4 is 5.69 Å². The van der Waals surface area contributed by atoms with E-state index in [0.717, 1.165) is 0 Å². The number of hydrogen-bond acceptors (Lipinski definition) is 5. The maximum absolute atomic E-state index is 12.6. The van der Waals surface area contributed by atoms with Crippen molar-refractivity contribution in [3.8, 4) is 16.9 Å². The van der Waals surface area contributed by atoms with Gasteiger partial charge in [0.2, 0.25) is 0 Å². The molecule has 1 N–H and O–H groups in total. The molecule has 7 heteroatoms. The summed E-state index contributed by atoms with van der Waals surface area (Å²) in [6, 6.07) is 15.3. The molecular formula is C18H15N3O4. The maximum Gasteiger partial charge on any atom is 0.357 e. The number of nitrogens with one attached hydrogen (secondary N) is 1. The van der Waals surface area contributed by atoms with Gasteiger partial charge in [-0.2, -0.15) is 0 Å². The molecule has 3 rings (SSSR count). The summed E-state index contributed by atoms with van der Waals surface area (Å²) in [6.45, 7) is 1.85. The molecule has 0 radical (unpaired) electrons. The second kappa shape index (κ2) is 6.96. The van der Waals surface area contributed by atoms with Crippen molar-refractivity contribution >= 4 is 11.7 Å². The number of esters is 1. The summed E-state index contributed by atoms with van der Waals surface area (Å²) in [5, 5.41) is 2.97. The van der Waals surface area contributed by atoms with Gasteiger partial charge < -0.3 is 4.74 Å². The van der Waals surface area contributed by atoms with Crippen molar-refractivity contribution in [1.29, 1.82) is 0 Å². The molecule has 0 unspecified atom stereocenters. The predicted molar refractivity (Wildman–Crippen MR) is 93.2 cm³/mol. The van der Waals surface area contributed by atoms with E-state index in [-0.39, 0.29) is 23.7 Å². The van der Waals surface area contributed by atoms with E-state index in [1.807, 2.05) is 6.07 Å². The quantitative estimate of drug-likeness (QED) is 0.570. The van der Waals surface area contributed by atoms with Crippen molar-refractivity contribution in [2.45, 2.75) is 6.92 Å². The van der Waals surface area contributed by atoms with Gasteiger partial charge in [-0.25, -0.2) is 9.59 Å². The number of carbonyl (C=O) groups is 1. The lowest BCUT2D eigenvalue weighted by molar-refractivity contribution is 0.0521. The minimum atomic E-state index is -0.645. The van der Waals surface area contributed by atoms with Crippen molar-refractivity contribution < 1.29 is 9.53 Å². The first kappa shape index (κ1) is 16.4. The fourth-order valence-electron chi connectivity index (χ4n) is 2.62. The highest BCUT2D eigenvalue weighted by atomic mass is 16.5. The molecule has 0 aliphatic rings. The van der Waals surface area contributed by atoms with Crippen molar-refractivity contribution in [1.82, 2.24) is 9.55 Å². The molecular weight excluding hydrogens is 322 g/mol. The summed E-state index contributed by atoms with van der Waals surface area (Å²) in [7, 11) is 0. The molecule has 7 nitrogen and oxygen atoms in total. The molecule has 0 spiro atoms. The molecule has 0 saturated heterocycles. The van der Waals surface area contributed by atoms with Crippen LogP contribution in [0.25, 0.3) is 16.9 Å². The Hall–Kier alpha value is -3.48. The van der Waals surface area contributed by atoms with Crippen molar-refractivity contribution in [3.05, 3.63) is 75.7 Å². The summed E-state index contributed by atoms with van der Waals surface area (Å²) in [5.74, 6) is -0.645. The molecule has 0 bridgehead atoms. The zero-order valence-electron chi connectivity index (χ0n) is 13.4. The Balaban J connectivity index is 2.34. The number of hydrogen-bond donors (Lipinski definition) is 1. The topological polar surface area (TPSA) is 93.5 Å². The summed E-state index contributed by atoms with van der Waals surface area (Å²) < 4.78 is 6.31. The Morgan fingerprint density at radius 2 is 1.80 bits per heavy atom. The van der Waals surface area contributed by atoms with E-state index in [1.54, 1.807) is 49.4 Å². The van der Waals surface area contributed by atoms with E-state index < -0.39 is 11.7 Å². The number of nitrogens with zero attached hydrogens (tertiary/aromatic N) is 2. The zero-order valence-corrected chi connectivity index (χ0v) is 13.4. The lowest BCUT2D eigenvalue weighted by atomic mass is 10.1. The average Bonchev–Trinajstić information content (AvgIpc) is 2.99. The van der Waals surface area contributed by atoms with E-state index >= 15 is 0 Å². The largest absolute Gasteiger partial charge is 0.461 e. The van der Waals surface area contributed by atoms with Crippen LogP contribution in [-0.2, 0) is 4.74 Å². The van der Waals surface area contributed by atoms with Crippen molar-refractivity contribution in [2.75, 3.05) is 6.61 Å². The van der Waals surface area contributed by atoms with Gasteiger partial charge in [-0.1, -0.05) is 42.5 Å². The molecule has 3 aromatic rings. The monoisotopic (exact) mass is 337 g/mol. The van der Waals surface area contributed by atoms with E-state index in [1.165, 1.54) is 10.6 Å². The first-order valence-corrected chi connectivity index (χ1v) is 7.67. The minimum Gasteiger partial charge on any atom is -0.461 e. The van der Waals surface area contributed by atoms with E-state index in [4.69, 9.17) is 4.74 Å². The summed E-state index contributed by atoms with van der Waals surface area (Å²) >= 11 is 0. The van der Waals surface area contributed by atoms with Crippen LogP contribution in [-0.4, -0.2) is 22.1 Å². The smallest absolute Gasteiger partial charge is 0.357 e. The Morgan fingerprint density at radius 3 is 2.48 bits per heavy atom. The third-order valence-electron chi connectivity index (χ3n) is 3.64. The number of para-hydroxylation sites is 1. The molecule has 1 aromatic heterocycles. The van der Waals surface area contributed by atoms with Gasteiger partial charge >= 0.3 is 11.7 Å². The summed E-state index contributed by atoms with van der Waals surface area (Å²) in [4.78, 5) is 38.5. The lowest BCUT2D eigenvalue weighted by Gasteiger charge is -2.10. The second-order valence-electron chi connectivity index (χ2n) is 5.16. The maximum atomic E-state index is 12.6. The van der Waals surface area contributed by atoms with Gasteiger partial charge in [0.05, 0.1) is 18.0 Å². The van der Waals surface area contributed by atoms with Gasteiger partial charge in [0.15, 0.2) is 5.69 Å². The first-order chi connectivity index (χ1) is 12.2. The van der Waals surface area contributed by atoms with E-state index in [2.05, 4.69) is 10.2 Å². The molecule has 0 aliphatic carbocycles. The van der Waals surface area contributed by atoms with Crippen LogP contribution in [0.3, 0.4) is 0 Å². The van der Waals surface area contributed by atoms with Crippen molar-refractivity contribution in [2.24, 2.45) is 5.18 Å². The van der Waals surface area contributed by atoms with Gasteiger partial charge in [0, 0.05) is 5.56 Å². The Morgan fingerprint density at radius 1 is 1.12 bits per heavy atom. The highest BCUT2D eigenvalue weighted by Gasteiger charge is 2.24. The van der Waals surface area contributed by atoms with Gasteiger partial charge in [-0.05, 0) is 24.2 Å². The molecule has 0 aliphatic heterocycles. The average molecular weight is 337 g/mol. The number of ether oxygens (including phenoxy) is 1. The van der Waals surface area contributed by atoms with Crippen LogP contribution >= 0.6 is 0 Å². The number of aromatic amines is 1. The molecule has 126 valence electrons. The lowest BCUT2D eigenvalue weighted by Crippen LogP contribution is -2.15. The SMILES string of the molecule is CCOC(=O)c1[nH]c(=O)n(-c2ccccc2N=O)c1-c1ccccc1. The number of carbonyl (C=O) groups excluding carboxylic acids is 1. The second-order valence-corrected chi connectivity index (χ2v) is 5.16. The zero-order chi connectivity index (χ0) is 17.8. The number of benzene rings is 2. The first-order valence-electron chi connectivity index (χ1n) is 7.67. The van der Waals surface area contributed by atoms with Crippen LogP contribution in [0.1, 0.15) is 17.4 Å². The van der Waals surface area contributed by atoms with Gasteiger partial charge in [0.1, 0.15) is 5.69 Å². The molecule has 0 fully saturated rings. The predicted octanol–water partition coefficient (Wildman–Crippen LogP) is 3.41. The Bertz CT molecular complexity index is 973. The van der Waals surface area contributed by atoms with Crippen LogP contribution in [0, 0.1) is 4.91 Å². The number of H-pyrrole nitrogens is 1. The molecule has 0 atom stereocenters. The highest BCUT2D eigenvalue weighted by molar-refractivity contribution is 5.95. The Kier molecular flexibility index (Phi) is 4.56. The molecule has 1 heterocycles. The van der Waals surface area contributed by atoms with Crippen LogP contribution in [0.5, 0.6) is 0 Å². The van der Waals surface area contributed by atoms with Gasteiger partial charge in [-0.3, -0.25) is 9.55 Å². The number of rotatable bonds is 5. The number of aromatic nitrogens is 2. The van der Waals surface area contributed by atoms with Gasteiger partial charge in [-0.15, -0.1) is 4.91 Å². The van der Waals surface area contributed by atoms with Crippen LogP contribution in [0.2, 0.25) is 0 Å². The summed E-state index contributed by atoms with van der Waals surface area (Å²) in [5.41, 5.74) is 0.797. The van der Waals surface area contributed by atoms with E-state index in [9.17, 15) is 14.5 Å². The summed E-state index contributed by atoms with van der Waals surface area (Å²) in [6.07, 6.45) is 0. The van der Waals surface area contributed by atoms with E-state index in [0.29, 0.717) is 11.3 Å². The third kappa shape index (κ3) is 2.99. The molecule has 0 saturated carbocycles. The minimum absolute atomic E-state index is 0.0266. The number of imidazole rings is 1. The standard InChI is InChI=1S/C18H15N3O4/c1-2-25-17(22)15-16(12-8-4-3-5-9-12)21(18(23)19-15)14-11-7-6-10-13(14)20-24/h3-11H,2H2,1H3,(H,19,23).